The van der Waals surface area contributed by atoms with E-state index in [4.69, 9.17) is 4.42 Å². The molecule has 1 aromatic carbocycles. The van der Waals surface area contributed by atoms with E-state index in [0.717, 1.165) is 28.6 Å². The lowest BCUT2D eigenvalue weighted by molar-refractivity contribution is -0.130. The maximum atomic E-state index is 13.0. The van der Waals surface area contributed by atoms with E-state index >= 15 is 0 Å². The van der Waals surface area contributed by atoms with Crippen LogP contribution in [0.2, 0.25) is 0 Å². The van der Waals surface area contributed by atoms with E-state index in [9.17, 15) is 19.2 Å². The number of carbonyl (C=O) groups is 4. The molecule has 1 aliphatic heterocycles. The highest BCUT2D eigenvalue weighted by atomic mass is 16.3. The number of hydrogen-bond donors (Lipinski definition) is 2. The second-order valence-electron chi connectivity index (χ2n) is 7.86. The molecule has 0 bridgehead atoms. The van der Waals surface area contributed by atoms with E-state index in [1.165, 1.54) is 12.3 Å². The van der Waals surface area contributed by atoms with Gasteiger partial charge in [0.1, 0.15) is 17.9 Å². The summed E-state index contributed by atoms with van der Waals surface area (Å²) in [6, 6.07) is 10.2. The Bertz CT molecular complexity index is 1270. The van der Waals surface area contributed by atoms with Crippen LogP contribution in [0.1, 0.15) is 24.2 Å². The Kier molecular flexibility index (Phi) is 4.85. The highest BCUT2D eigenvalue weighted by molar-refractivity contribution is 6.31. The molecule has 0 spiro atoms. The van der Waals surface area contributed by atoms with Gasteiger partial charge in [0, 0.05) is 28.7 Å². The Morgan fingerprint density at radius 1 is 1.16 bits per heavy atom. The topological polar surface area (TPSA) is 114 Å². The Balaban J connectivity index is 1.48. The maximum absolute atomic E-state index is 13.0. The molecule has 2 N–H and O–H groups in total. The fraction of sp³-hybridized carbons (Fsp3) is 0.217. The van der Waals surface area contributed by atoms with Gasteiger partial charge in [-0.25, -0.2) is 4.79 Å². The molecule has 3 aromatic rings. The molecule has 2 fully saturated rings. The number of imide groups is 2. The van der Waals surface area contributed by atoms with Crippen LogP contribution >= 0.6 is 0 Å². The molecule has 2 aromatic heterocycles. The van der Waals surface area contributed by atoms with Crippen LogP contribution in [-0.4, -0.2) is 39.3 Å². The summed E-state index contributed by atoms with van der Waals surface area (Å²) in [5, 5.41) is 5.95. The van der Waals surface area contributed by atoms with Gasteiger partial charge in [-0.2, -0.15) is 0 Å². The van der Waals surface area contributed by atoms with Crippen LogP contribution in [0.5, 0.6) is 0 Å². The monoisotopic (exact) mass is 432 g/mol. The normalized spacial score (nSPS) is 17.8. The number of nitrogens with zero attached hydrogens (tertiary/aromatic N) is 2. The molecule has 5 amide bonds. The van der Waals surface area contributed by atoms with Crippen molar-refractivity contribution in [3.63, 3.8) is 0 Å². The second kappa shape index (κ2) is 7.84. The Morgan fingerprint density at radius 3 is 2.72 bits per heavy atom. The van der Waals surface area contributed by atoms with Crippen LogP contribution in [0, 0.1) is 0 Å². The molecule has 1 aliphatic carbocycles. The number of urea groups is 1. The first-order valence-electron chi connectivity index (χ1n) is 10.3. The lowest BCUT2D eigenvalue weighted by Gasteiger charge is -2.25. The zero-order chi connectivity index (χ0) is 22.2. The van der Waals surface area contributed by atoms with E-state index in [-0.39, 0.29) is 30.6 Å². The minimum absolute atomic E-state index is 0.0887. The van der Waals surface area contributed by atoms with Crippen LogP contribution < -0.4 is 10.6 Å². The van der Waals surface area contributed by atoms with Crippen molar-refractivity contribution in [2.75, 3.05) is 0 Å². The summed E-state index contributed by atoms with van der Waals surface area (Å²) in [5.74, 6) is -1.15. The van der Waals surface area contributed by atoms with Crippen molar-refractivity contribution in [2.45, 2.75) is 32.0 Å². The average Bonchev–Trinajstić information content (AvgIpc) is 3.30. The van der Waals surface area contributed by atoms with Gasteiger partial charge >= 0.3 is 6.03 Å². The molecule has 9 nitrogen and oxygen atoms in total. The average molecular weight is 432 g/mol. The van der Waals surface area contributed by atoms with Gasteiger partial charge in [-0.05, 0) is 37.1 Å². The van der Waals surface area contributed by atoms with Crippen molar-refractivity contribution in [1.29, 1.82) is 0 Å². The van der Waals surface area contributed by atoms with Crippen molar-refractivity contribution in [3.05, 3.63) is 65.8 Å². The van der Waals surface area contributed by atoms with Crippen molar-refractivity contribution in [3.8, 4) is 0 Å². The largest absolute Gasteiger partial charge is 0.467 e. The third-order valence-corrected chi connectivity index (χ3v) is 5.46. The zero-order valence-corrected chi connectivity index (χ0v) is 17.0. The predicted octanol–water partition coefficient (Wildman–Crippen LogP) is 2.17. The molecule has 0 radical (unpaired) electrons. The van der Waals surface area contributed by atoms with Crippen LogP contribution in [0.15, 0.2) is 58.8 Å². The zero-order valence-electron chi connectivity index (χ0n) is 17.0. The van der Waals surface area contributed by atoms with E-state index in [1.807, 2.05) is 24.3 Å². The molecule has 0 atom stereocenters. The number of nitrogens with one attached hydrogen (secondary N) is 2. The van der Waals surface area contributed by atoms with Crippen molar-refractivity contribution in [2.24, 2.45) is 0 Å². The Hall–Kier alpha value is -4.14. The lowest BCUT2D eigenvalue weighted by Crippen LogP contribution is -2.53. The summed E-state index contributed by atoms with van der Waals surface area (Å²) in [6.45, 7) is 0.0365. The SMILES string of the molecule is O=C(Cn1cc(/C=C2\C(=O)NC(=O)N(Cc3ccco3)C2=O)c2ccccc21)NC1CC1. The predicted molar refractivity (Wildman–Crippen MR) is 114 cm³/mol. The third-order valence-electron chi connectivity index (χ3n) is 5.46. The molecule has 32 heavy (non-hydrogen) atoms. The fourth-order valence-corrected chi connectivity index (χ4v) is 3.73. The molecule has 1 saturated heterocycles. The molecule has 2 aliphatic rings. The van der Waals surface area contributed by atoms with Crippen molar-refractivity contribution < 1.29 is 23.6 Å². The van der Waals surface area contributed by atoms with Crippen LogP contribution in [0.25, 0.3) is 17.0 Å². The molecular formula is C23H20N4O5. The minimum Gasteiger partial charge on any atom is -0.467 e. The van der Waals surface area contributed by atoms with Gasteiger partial charge in [-0.1, -0.05) is 18.2 Å². The van der Waals surface area contributed by atoms with Crippen LogP contribution in [0.4, 0.5) is 4.79 Å². The van der Waals surface area contributed by atoms with E-state index in [0.29, 0.717) is 11.3 Å². The number of furan rings is 1. The molecular weight excluding hydrogens is 412 g/mol. The molecule has 9 heteroatoms. The second-order valence-corrected chi connectivity index (χ2v) is 7.86. The maximum Gasteiger partial charge on any atom is 0.331 e. The van der Waals surface area contributed by atoms with E-state index in [2.05, 4.69) is 10.6 Å². The molecule has 0 unspecified atom stereocenters. The van der Waals surface area contributed by atoms with Gasteiger partial charge in [0.15, 0.2) is 0 Å². The first-order valence-corrected chi connectivity index (χ1v) is 10.3. The summed E-state index contributed by atoms with van der Waals surface area (Å²) in [6.07, 6.45) is 6.63. The number of aromatic nitrogens is 1. The van der Waals surface area contributed by atoms with Gasteiger partial charge in [0.25, 0.3) is 11.8 Å². The van der Waals surface area contributed by atoms with Gasteiger partial charge < -0.3 is 14.3 Å². The lowest BCUT2D eigenvalue weighted by atomic mass is 10.1. The van der Waals surface area contributed by atoms with Crippen molar-refractivity contribution in [1.82, 2.24) is 20.1 Å². The highest BCUT2D eigenvalue weighted by Gasteiger charge is 2.36. The summed E-state index contributed by atoms with van der Waals surface area (Å²) >= 11 is 0. The van der Waals surface area contributed by atoms with Gasteiger partial charge in [-0.3, -0.25) is 24.6 Å². The highest BCUT2D eigenvalue weighted by Crippen LogP contribution is 2.26. The van der Waals surface area contributed by atoms with Gasteiger partial charge in [0.2, 0.25) is 5.91 Å². The standard InChI is InChI=1S/C23H20N4O5/c28-20(24-15-7-8-15)13-26-11-14(17-5-1-2-6-19(17)26)10-18-21(29)25-23(31)27(22(18)30)12-16-4-3-9-32-16/h1-6,9-11,15H,7-8,12-13H2,(H,24,28)(H,25,29,31)/b18-10+. The fourth-order valence-electron chi connectivity index (χ4n) is 3.73. The first kappa shape index (κ1) is 19.8. The number of hydrogen-bond acceptors (Lipinski definition) is 5. The minimum atomic E-state index is -0.798. The Morgan fingerprint density at radius 2 is 1.97 bits per heavy atom. The van der Waals surface area contributed by atoms with E-state index in [1.54, 1.807) is 22.9 Å². The summed E-state index contributed by atoms with van der Waals surface area (Å²) in [5.41, 5.74) is 1.24. The molecule has 1 saturated carbocycles. The third kappa shape index (κ3) is 3.80. The summed E-state index contributed by atoms with van der Waals surface area (Å²) in [4.78, 5) is 50.9. The number of rotatable bonds is 6. The quantitative estimate of drug-likeness (QED) is 0.458. The van der Waals surface area contributed by atoms with Crippen molar-refractivity contribution >= 4 is 40.7 Å². The molecule has 162 valence electrons. The number of carbonyl (C=O) groups excluding carboxylic acids is 4. The summed E-state index contributed by atoms with van der Waals surface area (Å²) in [7, 11) is 0. The smallest absolute Gasteiger partial charge is 0.331 e. The van der Waals surface area contributed by atoms with Crippen LogP contribution in [0.3, 0.4) is 0 Å². The number of para-hydroxylation sites is 1. The van der Waals surface area contributed by atoms with Gasteiger partial charge in [-0.15, -0.1) is 0 Å². The van der Waals surface area contributed by atoms with E-state index < -0.39 is 17.8 Å². The number of fused-ring (bicyclic) bond motifs is 1. The molecule has 5 rings (SSSR count). The molecule has 3 heterocycles. The van der Waals surface area contributed by atoms with Gasteiger partial charge in [0.05, 0.1) is 12.8 Å². The first-order chi connectivity index (χ1) is 15.5. The van der Waals surface area contributed by atoms with Crippen LogP contribution in [-0.2, 0) is 27.5 Å². The number of amides is 5. The summed E-state index contributed by atoms with van der Waals surface area (Å²) < 4.78 is 7.01. The Labute approximate surface area is 182 Å². The number of benzene rings is 1. The number of barbiturate groups is 1.